The van der Waals surface area contributed by atoms with Gasteiger partial charge in [-0.3, -0.25) is 4.79 Å². The lowest BCUT2D eigenvalue weighted by molar-refractivity contribution is -0.150. The molecular formula is C13H16ClNO4. The van der Waals surface area contributed by atoms with Crippen molar-refractivity contribution >= 4 is 29.2 Å². The number of aliphatic carboxylic acids is 1. The predicted octanol–water partition coefficient (Wildman–Crippen LogP) is 2.39. The van der Waals surface area contributed by atoms with Gasteiger partial charge in [-0.25, -0.2) is 4.79 Å². The summed E-state index contributed by atoms with van der Waals surface area (Å²) in [5.74, 6) is -1.56. The van der Waals surface area contributed by atoms with Gasteiger partial charge in [0.2, 0.25) is 5.91 Å². The van der Waals surface area contributed by atoms with Crippen molar-refractivity contribution in [3.8, 4) is 0 Å². The Hall–Kier alpha value is -1.59. The zero-order valence-corrected chi connectivity index (χ0v) is 11.7. The molecule has 0 saturated heterocycles. The largest absolute Gasteiger partial charge is 0.479 e. The minimum absolute atomic E-state index is 0.336. The summed E-state index contributed by atoms with van der Waals surface area (Å²) in [7, 11) is 0. The van der Waals surface area contributed by atoms with E-state index in [1.807, 2.05) is 19.9 Å². The first-order valence-corrected chi connectivity index (χ1v) is 6.10. The van der Waals surface area contributed by atoms with Crippen LogP contribution in [0.15, 0.2) is 12.1 Å². The maximum atomic E-state index is 11.6. The second-order valence-electron chi connectivity index (χ2n) is 4.28. The zero-order valence-electron chi connectivity index (χ0n) is 11.0. The Morgan fingerprint density at radius 1 is 1.42 bits per heavy atom. The summed E-state index contributed by atoms with van der Waals surface area (Å²) in [6.45, 7) is 4.76. The van der Waals surface area contributed by atoms with E-state index < -0.39 is 18.0 Å². The van der Waals surface area contributed by atoms with Gasteiger partial charge in [-0.15, -0.1) is 0 Å². The second-order valence-corrected chi connectivity index (χ2v) is 4.69. The molecule has 19 heavy (non-hydrogen) atoms. The van der Waals surface area contributed by atoms with E-state index in [1.165, 1.54) is 6.92 Å². The Kier molecular flexibility index (Phi) is 5.32. The van der Waals surface area contributed by atoms with Crippen molar-refractivity contribution in [3.05, 3.63) is 28.3 Å². The minimum atomic E-state index is -1.11. The van der Waals surface area contributed by atoms with Crippen LogP contribution in [-0.2, 0) is 14.3 Å². The topological polar surface area (TPSA) is 75.6 Å². The summed E-state index contributed by atoms with van der Waals surface area (Å²) in [6, 6.07) is 3.63. The van der Waals surface area contributed by atoms with Crippen LogP contribution >= 0.6 is 11.6 Å². The lowest BCUT2D eigenvalue weighted by atomic mass is 10.1. The smallest absolute Gasteiger partial charge is 0.332 e. The standard InChI is InChI=1S/C13H16ClNO4/c1-7-4-8(2)12(10(14)5-7)15-11(16)6-19-9(3)13(17)18/h4-5,9H,6H2,1-3H3,(H,15,16)(H,17,18)/t9-/m0/s1. The Morgan fingerprint density at radius 3 is 2.58 bits per heavy atom. The molecule has 0 unspecified atom stereocenters. The fourth-order valence-electron chi connectivity index (χ4n) is 1.52. The number of hydrogen-bond donors (Lipinski definition) is 2. The number of carboxylic acids is 1. The van der Waals surface area contributed by atoms with E-state index in [0.29, 0.717) is 10.7 Å². The molecule has 0 aliphatic heterocycles. The third-order valence-electron chi connectivity index (χ3n) is 2.51. The first-order valence-electron chi connectivity index (χ1n) is 5.72. The number of anilines is 1. The summed E-state index contributed by atoms with van der Waals surface area (Å²) >= 11 is 6.04. The quantitative estimate of drug-likeness (QED) is 0.871. The van der Waals surface area contributed by atoms with Crippen LogP contribution in [0.5, 0.6) is 0 Å². The SMILES string of the molecule is Cc1cc(C)c(NC(=O)CO[C@@H](C)C(=O)O)c(Cl)c1. The van der Waals surface area contributed by atoms with Crippen LogP contribution in [0.25, 0.3) is 0 Å². The molecule has 1 rings (SSSR count). The molecule has 0 fully saturated rings. The van der Waals surface area contributed by atoms with Crippen molar-refractivity contribution in [1.29, 1.82) is 0 Å². The molecule has 1 aromatic rings. The zero-order chi connectivity index (χ0) is 14.6. The Morgan fingerprint density at radius 2 is 2.05 bits per heavy atom. The Labute approximate surface area is 116 Å². The highest BCUT2D eigenvalue weighted by Crippen LogP contribution is 2.27. The molecule has 0 aliphatic rings. The minimum Gasteiger partial charge on any atom is -0.479 e. The average molecular weight is 286 g/mol. The molecule has 1 amide bonds. The van der Waals surface area contributed by atoms with E-state index in [-0.39, 0.29) is 6.61 Å². The van der Waals surface area contributed by atoms with Crippen LogP contribution in [0.1, 0.15) is 18.1 Å². The van der Waals surface area contributed by atoms with E-state index in [0.717, 1.165) is 11.1 Å². The fraction of sp³-hybridized carbons (Fsp3) is 0.385. The number of amides is 1. The highest BCUT2D eigenvalue weighted by Gasteiger charge is 2.14. The summed E-state index contributed by atoms with van der Waals surface area (Å²) < 4.78 is 4.89. The number of rotatable bonds is 5. The number of aryl methyl sites for hydroxylation is 2. The van der Waals surface area contributed by atoms with E-state index in [9.17, 15) is 9.59 Å². The van der Waals surface area contributed by atoms with Crippen molar-refractivity contribution < 1.29 is 19.4 Å². The number of hydrogen-bond acceptors (Lipinski definition) is 3. The van der Waals surface area contributed by atoms with Gasteiger partial charge in [-0.05, 0) is 38.0 Å². The first-order chi connectivity index (χ1) is 8.81. The highest BCUT2D eigenvalue weighted by molar-refractivity contribution is 6.34. The monoisotopic (exact) mass is 285 g/mol. The molecule has 2 N–H and O–H groups in total. The van der Waals surface area contributed by atoms with Crippen LogP contribution in [0.4, 0.5) is 5.69 Å². The maximum absolute atomic E-state index is 11.6. The summed E-state index contributed by atoms with van der Waals surface area (Å²) in [5.41, 5.74) is 2.35. The average Bonchev–Trinajstić information content (AvgIpc) is 2.30. The third kappa shape index (κ3) is 4.54. The molecule has 5 nitrogen and oxygen atoms in total. The molecule has 1 atom stereocenters. The van der Waals surface area contributed by atoms with Crippen molar-refractivity contribution in [2.24, 2.45) is 0 Å². The van der Waals surface area contributed by atoms with E-state index in [2.05, 4.69) is 5.32 Å². The van der Waals surface area contributed by atoms with Crippen LogP contribution in [-0.4, -0.2) is 29.7 Å². The molecule has 0 spiro atoms. The molecule has 0 saturated carbocycles. The van der Waals surface area contributed by atoms with Crippen LogP contribution < -0.4 is 5.32 Å². The molecule has 0 aromatic heterocycles. The number of ether oxygens (including phenoxy) is 1. The summed E-state index contributed by atoms with van der Waals surface area (Å²) in [4.78, 5) is 22.2. The molecule has 0 aliphatic carbocycles. The Balaban J connectivity index is 2.65. The number of benzene rings is 1. The molecule has 1 aromatic carbocycles. The van der Waals surface area contributed by atoms with E-state index in [4.69, 9.17) is 21.4 Å². The van der Waals surface area contributed by atoms with Crippen LogP contribution in [0.3, 0.4) is 0 Å². The number of carbonyl (C=O) groups excluding carboxylic acids is 1. The third-order valence-corrected chi connectivity index (χ3v) is 2.81. The number of carboxylic acid groups (broad SMARTS) is 1. The van der Waals surface area contributed by atoms with Gasteiger partial charge in [-0.2, -0.15) is 0 Å². The number of nitrogens with one attached hydrogen (secondary N) is 1. The van der Waals surface area contributed by atoms with Gasteiger partial charge < -0.3 is 15.2 Å². The van der Waals surface area contributed by atoms with Crippen LogP contribution in [0, 0.1) is 13.8 Å². The second kappa shape index (κ2) is 6.54. The molecule has 0 radical (unpaired) electrons. The van der Waals surface area contributed by atoms with E-state index >= 15 is 0 Å². The first kappa shape index (κ1) is 15.5. The highest BCUT2D eigenvalue weighted by atomic mass is 35.5. The lowest BCUT2D eigenvalue weighted by Crippen LogP contribution is -2.26. The molecule has 104 valence electrons. The van der Waals surface area contributed by atoms with Gasteiger partial charge in [-0.1, -0.05) is 17.7 Å². The Bertz CT molecular complexity index is 478. The lowest BCUT2D eigenvalue weighted by Gasteiger charge is -2.12. The molecular weight excluding hydrogens is 270 g/mol. The van der Waals surface area contributed by atoms with Gasteiger partial charge in [0, 0.05) is 0 Å². The van der Waals surface area contributed by atoms with Gasteiger partial charge in [0.1, 0.15) is 6.61 Å². The van der Waals surface area contributed by atoms with Crippen molar-refractivity contribution in [2.75, 3.05) is 11.9 Å². The van der Waals surface area contributed by atoms with Gasteiger partial charge in [0.15, 0.2) is 6.10 Å². The van der Waals surface area contributed by atoms with Gasteiger partial charge >= 0.3 is 5.97 Å². The van der Waals surface area contributed by atoms with Gasteiger partial charge in [0.25, 0.3) is 0 Å². The fourth-order valence-corrected chi connectivity index (χ4v) is 1.89. The summed E-state index contributed by atoms with van der Waals surface area (Å²) in [5, 5.41) is 11.7. The maximum Gasteiger partial charge on any atom is 0.332 e. The van der Waals surface area contributed by atoms with Crippen molar-refractivity contribution in [2.45, 2.75) is 26.9 Å². The summed E-state index contributed by atoms with van der Waals surface area (Å²) in [6.07, 6.45) is -1.03. The molecule has 0 bridgehead atoms. The van der Waals surface area contributed by atoms with Crippen molar-refractivity contribution in [1.82, 2.24) is 0 Å². The normalized spacial score (nSPS) is 12.0. The molecule has 0 heterocycles. The van der Waals surface area contributed by atoms with Crippen LogP contribution in [0.2, 0.25) is 5.02 Å². The van der Waals surface area contributed by atoms with Crippen molar-refractivity contribution in [3.63, 3.8) is 0 Å². The predicted molar refractivity (Wildman–Crippen MR) is 72.6 cm³/mol. The van der Waals surface area contributed by atoms with Gasteiger partial charge in [0.05, 0.1) is 10.7 Å². The molecule has 6 heteroatoms. The number of carbonyl (C=O) groups is 2. The number of halogens is 1. The van der Waals surface area contributed by atoms with E-state index in [1.54, 1.807) is 6.07 Å².